The summed E-state index contributed by atoms with van der Waals surface area (Å²) in [5, 5.41) is 17.6. The lowest BCUT2D eigenvalue weighted by Gasteiger charge is -2.09. The Bertz CT molecular complexity index is 401. The molecule has 1 aromatic rings. The number of nitriles is 1. The van der Waals surface area contributed by atoms with E-state index in [1.165, 1.54) is 6.07 Å². The number of nitrogens with zero attached hydrogens (tertiary/aromatic N) is 2. The average Bonchev–Trinajstić information content (AvgIpc) is 2.26. The standard InChI is InChI=1S/C9H9F2N3O/c10-9(11)8-7(4-15)5(2-12)1-6(3-13)14-8/h1,9,15H,3-4,13H2. The van der Waals surface area contributed by atoms with Crippen LogP contribution in [0.25, 0.3) is 0 Å². The Kier molecular flexibility index (Phi) is 3.66. The number of rotatable bonds is 3. The second-order valence-electron chi connectivity index (χ2n) is 2.80. The van der Waals surface area contributed by atoms with Gasteiger partial charge in [0.2, 0.25) is 0 Å². The van der Waals surface area contributed by atoms with Gasteiger partial charge in [-0.3, -0.25) is 4.98 Å². The van der Waals surface area contributed by atoms with E-state index in [2.05, 4.69) is 4.98 Å². The molecule has 0 fully saturated rings. The maximum Gasteiger partial charge on any atom is 0.280 e. The third-order valence-electron chi connectivity index (χ3n) is 1.90. The number of pyridine rings is 1. The van der Waals surface area contributed by atoms with E-state index >= 15 is 0 Å². The van der Waals surface area contributed by atoms with Gasteiger partial charge in [-0.1, -0.05) is 0 Å². The van der Waals surface area contributed by atoms with Crippen LogP contribution >= 0.6 is 0 Å². The first-order chi connectivity index (χ1) is 7.13. The van der Waals surface area contributed by atoms with Crippen molar-refractivity contribution in [1.29, 1.82) is 5.26 Å². The van der Waals surface area contributed by atoms with Crippen molar-refractivity contribution in [2.45, 2.75) is 19.6 Å². The normalized spacial score (nSPS) is 10.4. The Balaban J connectivity index is 3.41. The fraction of sp³-hybridized carbons (Fsp3) is 0.333. The van der Waals surface area contributed by atoms with Crippen LogP contribution in [0.1, 0.15) is 28.9 Å². The van der Waals surface area contributed by atoms with Crippen LogP contribution in [0, 0.1) is 11.3 Å². The lowest BCUT2D eigenvalue weighted by molar-refractivity contribution is 0.141. The van der Waals surface area contributed by atoms with Gasteiger partial charge < -0.3 is 10.8 Å². The number of aromatic nitrogens is 1. The molecule has 0 spiro atoms. The summed E-state index contributed by atoms with van der Waals surface area (Å²) in [6.07, 6.45) is -2.83. The summed E-state index contributed by atoms with van der Waals surface area (Å²) in [5.74, 6) is 0. The number of halogens is 2. The molecular formula is C9H9F2N3O. The highest BCUT2D eigenvalue weighted by Gasteiger charge is 2.18. The molecule has 3 N–H and O–H groups in total. The molecular weight excluding hydrogens is 204 g/mol. The van der Waals surface area contributed by atoms with Gasteiger partial charge in [-0.15, -0.1) is 0 Å². The number of aliphatic hydroxyl groups excluding tert-OH is 1. The molecule has 0 aliphatic carbocycles. The maximum atomic E-state index is 12.5. The van der Waals surface area contributed by atoms with Gasteiger partial charge in [0, 0.05) is 12.1 Å². The summed E-state index contributed by atoms with van der Waals surface area (Å²) >= 11 is 0. The summed E-state index contributed by atoms with van der Waals surface area (Å²) in [4.78, 5) is 3.58. The summed E-state index contributed by atoms with van der Waals surface area (Å²) in [7, 11) is 0. The fourth-order valence-electron chi connectivity index (χ4n) is 1.20. The molecule has 1 aromatic heterocycles. The van der Waals surface area contributed by atoms with Gasteiger partial charge in [0.15, 0.2) is 0 Å². The molecule has 0 aromatic carbocycles. The van der Waals surface area contributed by atoms with E-state index in [0.29, 0.717) is 0 Å². The molecule has 0 amide bonds. The molecule has 0 aliphatic rings. The molecule has 1 rings (SSSR count). The zero-order chi connectivity index (χ0) is 11.4. The molecule has 0 bridgehead atoms. The van der Waals surface area contributed by atoms with Crippen molar-refractivity contribution < 1.29 is 13.9 Å². The lowest BCUT2D eigenvalue weighted by Crippen LogP contribution is -2.08. The van der Waals surface area contributed by atoms with Gasteiger partial charge in [-0.05, 0) is 6.07 Å². The molecule has 4 nitrogen and oxygen atoms in total. The topological polar surface area (TPSA) is 82.9 Å². The van der Waals surface area contributed by atoms with E-state index in [0.717, 1.165) is 0 Å². The van der Waals surface area contributed by atoms with E-state index in [1.807, 2.05) is 0 Å². The molecule has 80 valence electrons. The van der Waals surface area contributed by atoms with Crippen LogP contribution < -0.4 is 5.73 Å². The predicted octanol–water partition coefficient (Wildman–Crippen LogP) is 0.842. The van der Waals surface area contributed by atoms with Crippen LogP contribution in [-0.2, 0) is 13.2 Å². The van der Waals surface area contributed by atoms with Crippen molar-refractivity contribution in [3.63, 3.8) is 0 Å². The van der Waals surface area contributed by atoms with Crippen molar-refractivity contribution in [3.05, 3.63) is 28.6 Å². The van der Waals surface area contributed by atoms with Crippen LogP contribution in [0.2, 0.25) is 0 Å². The monoisotopic (exact) mass is 213 g/mol. The van der Waals surface area contributed by atoms with Crippen molar-refractivity contribution in [1.82, 2.24) is 4.98 Å². The molecule has 0 radical (unpaired) electrons. The van der Waals surface area contributed by atoms with Gasteiger partial charge in [-0.25, -0.2) is 8.78 Å². The van der Waals surface area contributed by atoms with Gasteiger partial charge >= 0.3 is 0 Å². The highest BCUT2D eigenvalue weighted by molar-refractivity contribution is 5.41. The van der Waals surface area contributed by atoms with E-state index in [9.17, 15) is 8.78 Å². The van der Waals surface area contributed by atoms with Crippen LogP contribution in [-0.4, -0.2) is 10.1 Å². The van der Waals surface area contributed by atoms with E-state index in [1.54, 1.807) is 6.07 Å². The maximum absolute atomic E-state index is 12.5. The Morgan fingerprint density at radius 2 is 2.27 bits per heavy atom. The van der Waals surface area contributed by atoms with Gasteiger partial charge in [-0.2, -0.15) is 5.26 Å². The molecule has 0 unspecified atom stereocenters. The zero-order valence-electron chi connectivity index (χ0n) is 7.74. The smallest absolute Gasteiger partial charge is 0.280 e. The van der Waals surface area contributed by atoms with E-state index in [-0.39, 0.29) is 23.4 Å². The Labute approximate surface area is 85.0 Å². The minimum absolute atomic E-state index is 0.0109. The fourth-order valence-corrected chi connectivity index (χ4v) is 1.20. The van der Waals surface area contributed by atoms with Crippen molar-refractivity contribution in [2.75, 3.05) is 0 Å². The SMILES string of the molecule is N#Cc1cc(CN)nc(C(F)F)c1CO. The quantitative estimate of drug-likeness (QED) is 0.779. The third kappa shape index (κ3) is 2.26. The molecule has 0 saturated carbocycles. The van der Waals surface area contributed by atoms with E-state index < -0.39 is 18.7 Å². The second kappa shape index (κ2) is 4.77. The summed E-state index contributed by atoms with van der Waals surface area (Å²) in [6, 6.07) is 3.03. The number of hydrogen-bond acceptors (Lipinski definition) is 4. The first kappa shape index (κ1) is 11.5. The first-order valence-electron chi connectivity index (χ1n) is 4.15. The van der Waals surface area contributed by atoms with Crippen molar-refractivity contribution >= 4 is 0 Å². The highest BCUT2D eigenvalue weighted by atomic mass is 19.3. The Morgan fingerprint density at radius 3 is 2.67 bits per heavy atom. The number of aliphatic hydroxyl groups is 1. The van der Waals surface area contributed by atoms with Crippen LogP contribution in [0.4, 0.5) is 8.78 Å². The van der Waals surface area contributed by atoms with Crippen LogP contribution in [0.15, 0.2) is 6.07 Å². The van der Waals surface area contributed by atoms with Crippen LogP contribution in [0.3, 0.4) is 0 Å². The molecule has 1 heterocycles. The second-order valence-corrected chi connectivity index (χ2v) is 2.80. The minimum Gasteiger partial charge on any atom is -0.392 e. The predicted molar refractivity (Wildman–Crippen MR) is 47.7 cm³/mol. The third-order valence-corrected chi connectivity index (χ3v) is 1.90. The number of hydrogen-bond donors (Lipinski definition) is 2. The Morgan fingerprint density at radius 1 is 1.60 bits per heavy atom. The number of nitrogens with two attached hydrogens (primary N) is 1. The first-order valence-corrected chi connectivity index (χ1v) is 4.15. The lowest BCUT2D eigenvalue weighted by atomic mass is 10.1. The highest BCUT2D eigenvalue weighted by Crippen LogP contribution is 2.24. The molecule has 0 saturated heterocycles. The van der Waals surface area contributed by atoms with Gasteiger partial charge in [0.1, 0.15) is 5.69 Å². The summed E-state index contributed by atoms with van der Waals surface area (Å²) < 4.78 is 25.0. The van der Waals surface area contributed by atoms with Crippen molar-refractivity contribution in [3.8, 4) is 6.07 Å². The zero-order valence-corrected chi connectivity index (χ0v) is 7.74. The average molecular weight is 213 g/mol. The largest absolute Gasteiger partial charge is 0.392 e. The Hall–Kier alpha value is -1.58. The minimum atomic E-state index is -2.83. The van der Waals surface area contributed by atoms with Gasteiger partial charge in [0.25, 0.3) is 6.43 Å². The summed E-state index contributed by atoms with van der Waals surface area (Å²) in [6.45, 7) is -0.666. The molecule has 0 atom stereocenters. The molecule has 0 aliphatic heterocycles. The summed E-state index contributed by atoms with van der Waals surface area (Å²) in [5.41, 5.74) is 4.74. The van der Waals surface area contributed by atoms with Crippen molar-refractivity contribution in [2.24, 2.45) is 5.73 Å². The van der Waals surface area contributed by atoms with Gasteiger partial charge in [0.05, 0.1) is 23.9 Å². The van der Waals surface area contributed by atoms with E-state index in [4.69, 9.17) is 16.1 Å². The molecule has 15 heavy (non-hydrogen) atoms. The van der Waals surface area contributed by atoms with Crippen LogP contribution in [0.5, 0.6) is 0 Å². The molecule has 6 heteroatoms. The number of alkyl halides is 2.